The summed E-state index contributed by atoms with van der Waals surface area (Å²) in [5.74, 6) is 0. The van der Waals surface area contributed by atoms with Gasteiger partial charge < -0.3 is 15.4 Å². The Balaban J connectivity index is 2.04. The number of nitrogens with zero attached hydrogens (tertiary/aromatic N) is 1. The SMILES string of the molecule is CC(C)OCCN1CCCc2c(N)cccc21. The molecule has 1 aromatic rings. The Kier molecular flexibility index (Phi) is 3.89. The van der Waals surface area contributed by atoms with E-state index in [1.807, 2.05) is 12.1 Å². The van der Waals surface area contributed by atoms with Crippen LogP contribution in [0.15, 0.2) is 18.2 Å². The van der Waals surface area contributed by atoms with E-state index in [2.05, 4.69) is 24.8 Å². The molecule has 1 aliphatic rings. The summed E-state index contributed by atoms with van der Waals surface area (Å²) in [5.41, 5.74) is 9.55. The quantitative estimate of drug-likeness (QED) is 0.813. The summed E-state index contributed by atoms with van der Waals surface area (Å²) in [4.78, 5) is 2.39. The summed E-state index contributed by atoms with van der Waals surface area (Å²) in [5, 5.41) is 0. The molecule has 3 nitrogen and oxygen atoms in total. The number of ether oxygens (including phenoxy) is 1. The Morgan fingerprint density at radius 1 is 1.41 bits per heavy atom. The van der Waals surface area contributed by atoms with Crippen molar-refractivity contribution in [1.29, 1.82) is 0 Å². The van der Waals surface area contributed by atoms with Crippen molar-refractivity contribution in [2.45, 2.75) is 32.8 Å². The lowest BCUT2D eigenvalue weighted by atomic mass is 10.00. The number of anilines is 2. The average molecular weight is 234 g/mol. The lowest BCUT2D eigenvalue weighted by molar-refractivity contribution is 0.0839. The summed E-state index contributed by atoms with van der Waals surface area (Å²) in [6, 6.07) is 6.20. The zero-order valence-electron chi connectivity index (χ0n) is 10.8. The fraction of sp³-hybridized carbons (Fsp3) is 0.571. The molecule has 17 heavy (non-hydrogen) atoms. The summed E-state index contributed by atoms with van der Waals surface area (Å²) in [7, 11) is 0. The molecule has 0 spiro atoms. The Bertz CT molecular complexity index is 376. The zero-order valence-corrected chi connectivity index (χ0v) is 10.8. The molecule has 0 atom stereocenters. The minimum absolute atomic E-state index is 0.306. The van der Waals surface area contributed by atoms with Gasteiger partial charge in [-0.05, 0) is 44.4 Å². The smallest absolute Gasteiger partial charge is 0.0645 e. The normalized spacial score (nSPS) is 15.1. The fourth-order valence-electron chi connectivity index (χ4n) is 2.36. The van der Waals surface area contributed by atoms with Crippen LogP contribution >= 0.6 is 0 Å². The molecular formula is C14H22N2O. The lowest BCUT2D eigenvalue weighted by Gasteiger charge is -2.32. The molecule has 1 heterocycles. The number of hydrogen-bond donors (Lipinski definition) is 1. The Morgan fingerprint density at radius 2 is 2.24 bits per heavy atom. The molecule has 94 valence electrons. The predicted octanol–water partition coefficient (Wildman–Crippen LogP) is 2.45. The summed E-state index contributed by atoms with van der Waals surface area (Å²) in [6.45, 7) is 6.99. The molecule has 0 fully saturated rings. The minimum atomic E-state index is 0.306. The van der Waals surface area contributed by atoms with Crippen molar-refractivity contribution in [2.75, 3.05) is 30.3 Å². The van der Waals surface area contributed by atoms with Gasteiger partial charge in [-0.25, -0.2) is 0 Å². The average Bonchev–Trinajstić information content (AvgIpc) is 2.30. The third-order valence-corrected chi connectivity index (χ3v) is 3.20. The fourth-order valence-corrected chi connectivity index (χ4v) is 2.36. The number of nitrogen functional groups attached to an aromatic ring is 1. The van der Waals surface area contributed by atoms with Crippen LogP contribution < -0.4 is 10.6 Å². The van der Waals surface area contributed by atoms with Crippen molar-refractivity contribution < 1.29 is 4.74 Å². The Labute approximate surface area is 104 Å². The van der Waals surface area contributed by atoms with Crippen LogP contribution in [0.5, 0.6) is 0 Å². The second-order valence-corrected chi connectivity index (χ2v) is 4.86. The molecule has 3 heteroatoms. The number of hydrogen-bond acceptors (Lipinski definition) is 3. The first-order chi connectivity index (χ1) is 8.18. The van der Waals surface area contributed by atoms with E-state index >= 15 is 0 Å². The van der Waals surface area contributed by atoms with Crippen molar-refractivity contribution in [3.05, 3.63) is 23.8 Å². The molecule has 0 saturated carbocycles. The molecule has 0 radical (unpaired) electrons. The summed E-state index contributed by atoms with van der Waals surface area (Å²) in [6.07, 6.45) is 2.59. The highest BCUT2D eigenvalue weighted by Crippen LogP contribution is 2.30. The molecule has 0 amide bonds. The monoisotopic (exact) mass is 234 g/mol. The third kappa shape index (κ3) is 2.91. The van der Waals surface area contributed by atoms with Gasteiger partial charge in [0.2, 0.25) is 0 Å². The van der Waals surface area contributed by atoms with Gasteiger partial charge in [-0.15, -0.1) is 0 Å². The highest BCUT2D eigenvalue weighted by atomic mass is 16.5. The Morgan fingerprint density at radius 3 is 3.00 bits per heavy atom. The van der Waals surface area contributed by atoms with Gasteiger partial charge in [-0.3, -0.25) is 0 Å². The first-order valence-corrected chi connectivity index (χ1v) is 6.42. The highest BCUT2D eigenvalue weighted by molar-refractivity contribution is 5.66. The second-order valence-electron chi connectivity index (χ2n) is 4.86. The van der Waals surface area contributed by atoms with Crippen molar-refractivity contribution in [2.24, 2.45) is 0 Å². The topological polar surface area (TPSA) is 38.5 Å². The zero-order chi connectivity index (χ0) is 12.3. The van der Waals surface area contributed by atoms with Crippen molar-refractivity contribution in [1.82, 2.24) is 0 Å². The molecule has 2 rings (SSSR count). The second kappa shape index (κ2) is 5.41. The van der Waals surface area contributed by atoms with Crippen LogP contribution in [0.2, 0.25) is 0 Å². The number of rotatable bonds is 4. The third-order valence-electron chi connectivity index (χ3n) is 3.20. The van der Waals surface area contributed by atoms with Gasteiger partial charge >= 0.3 is 0 Å². The van der Waals surface area contributed by atoms with Crippen LogP contribution in [0.3, 0.4) is 0 Å². The van der Waals surface area contributed by atoms with E-state index in [-0.39, 0.29) is 0 Å². The molecule has 0 bridgehead atoms. The molecule has 1 aromatic carbocycles. The maximum absolute atomic E-state index is 6.02. The maximum atomic E-state index is 6.02. The van der Waals surface area contributed by atoms with Gasteiger partial charge in [0.25, 0.3) is 0 Å². The molecule has 2 N–H and O–H groups in total. The van der Waals surface area contributed by atoms with Gasteiger partial charge in [0.15, 0.2) is 0 Å². The number of benzene rings is 1. The van der Waals surface area contributed by atoms with Crippen LogP contribution in [-0.4, -0.2) is 25.8 Å². The lowest BCUT2D eigenvalue weighted by Crippen LogP contribution is -2.33. The first kappa shape index (κ1) is 12.2. The largest absolute Gasteiger partial charge is 0.398 e. The number of fused-ring (bicyclic) bond motifs is 1. The van der Waals surface area contributed by atoms with E-state index in [9.17, 15) is 0 Å². The first-order valence-electron chi connectivity index (χ1n) is 6.42. The van der Waals surface area contributed by atoms with Gasteiger partial charge in [0, 0.05) is 24.5 Å². The van der Waals surface area contributed by atoms with Crippen LogP contribution in [0.25, 0.3) is 0 Å². The molecule has 1 aliphatic heterocycles. The predicted molar refractivity (Wildman–Crippen MR) is 72.5 cm³/mol. The minimum Gasteiger partial charge on any atom is -0.398 e. The Hall–Kier alpha value is -1.22. The molecule has 0 aromatic heterocycles. The van der Waals surface area contributed by atoms with Crippen LogP contribution in [0.4, 0.5) is 11.4 Å². The maximum Gasteiger partial charge on any atom is 0.0645 e. The van der Waals surface area contributed by atoms with Crippen LogP contribution in [-0.2, 0) is 11.2 Å². The van der Waals surface area contributed by atoms with Gasteiger partial charge in [0.05, 0.1) is 12.7 Å². The van der Waals surface area contributed by atoms with E-state index in [1.165, 1.54) is 17.7 Å². The van der Waals surface area contributed by atoms with E-state index < -0.39 is 0 Å². The van der Waals surface area contributed by atoms with Crippen molar-refractivity contribution in [3.8, 4) is 0 Å². The molecule has 0 unspecified atom stereocenters. The van der Waals surface area contributed by atoms with Gasteiger partial charge in [-0.1, -0.05) is 6.07 Å². The van der Waals surface area contributed by atoms with Crippen LogP contribution in [0.1, 0.15) is 25.8 Å². The summed E-state index contributed by atoms with van der Waals surface area (Å²) >= 11 is 0. The van der Waals surface area contributed by atoms with E-state index in [0.717, 1.165) is 31.8 Å². The molecular weight excluding hydrogens is 212 g/mol. The standard InChI is InChI=1S/C14H22N2O/c1-11(2)17-10-9-16-8-4-5-12-13(15)6-3-7-14(12)16/h3,6-7,11H,4-5,8-10,15H2,1-2H3. The van der Waals surface area contributed by atoms with Crippen molar-refractivity contribution >= 4 is 11.4 Å². The summed E-state index contributed by atoms with van der Waals surface area (Å²) < 4.78 is 5.62. The molecule has 0 aliphatic carbocycles. The van der Waals surface area contributed by atoms with E-state index in [4.69, 9.17) is 10.5 Å². The van der Waals surface area contributed by atoms with Gasteiger partial charge in [-0.2, -0.15) is 0 Å². The van der Waals surface area contributed by atoms with E-state index in [0.29, 0.717) is 6.10 Å². The van der Waals surface area contributed by atoms with Crippen LogP contribution in [0, 0.1) is 0 Å². The van der Waals surface area contributed by atoms with Crippen molar-refractivity contribution in [3.63, 3.8) is 0 Å². The molecule has 0 saturated heterocycles. The van der Waals surface area contributed by atoms with Gasteiger partial charge in [0.1, 0.15) is 0 Å². The number of nitrogens with two attached hydrogens (primary N) is 1. The van der Waals surface area contributed by atoms with E-state index in [1.54, 1.807) is 0 Å². The highest BCUT2D eigenvalue weighted by Gasteiger charge is 2.17.